The highest BCUT2D eigenvalue weighted by Crippen LogP contribution is 2.30. The van der Waals surface area contributed by atoms with Crippen LogP contribution in [0, 0.1) is 5.41 Å². The summed E-state index contributed by atoms with van der Waals surface area (Å²) in [5, 5.41) is 0. The number of nitrogens with two attached hydrogens (primary N) is 1. The second-order valence-corrected chi connectivity index (χ2v) is 6.37. The molecule has 2 heterocycles. The number of likely N-dealkylation sites (tertiary alicyclic amines) is 1. The monoisotopic (exact) mass is 331 g/mol. The lowest BCUT2D eigenvalue weighted by molar-refractivity contribution is -0.154. The van der Waals surface area contributed by atoms with Gasteiger partial charge in [-0.3, -0.25) is 4.79 Å². The predicted octanol–water partition coefficient (Wildman–Crippen LogP) is 2.22. The Bertz CT molecular complexity index is 575. The Hall–Kier alpha value is -1.83. The van der Waals surface area contributed by atoms with E-state index in [9.17, 15) is 18.0 Å². The van der Waals surface area contributed by atoms with Gasteiger partial charge in [0.1, 0.15) is 5.56 Å². The third-order valence-electron chi connectivity index (χ3n) is 3.97. The maximum atomic E-state index is 12.6. The number of amides is 1. The van der Waals surface area contributed by atoms with Gasteiger partial charge in [0.25, 0.3) is 5.91 Å². The van der Waals surface area contributed by atoms with Crippen molar-refractivity contribution in [1.82, 2.24) is 9.88 Å². The van der Waals surface area contributed by atoms with Crippen molar-refractivity contribution in [3.05, 3.63) is 23.9 Å². The van der Waals surface area contributed by atoms with E-state index < -0.39 is 18.7 Å². The van der Waals surface area contributed by atoms with Crippen molar-refractivity contribution in [2.24, 2.45) is 11.1 Å². The van der Waals surface area contributed by atoms with Gasteiger partial charge in [-0.05, 0) is 24.0 Å². The number of ether oxygens (including phenoxy) is 1. The molecule has 5 nitrogen and oxygen atoms in total. The van der Waals surface area contributed by atoms with Gasteiger partial charge < -0.3 is 15.4 Å². The molecule has 0 saturated carbocycles. The molecule has 1 aliphatic rings. The number of carbonyl (C=O) groups is 1. The number of aromatic nitrogens is 1. The molecule has 1 amide bonds. The Labute approximate surface area is 132 Å². The molecule has 1 saturated heterocycles. The normalized spacial score (nSPS) is 21.1. The summed E-state index contributed by atoms with van der Waals surface area (Å²) in [6.45, 7) is 3.32. The maximum Gasteiger partial charge on any atom is 0.422 e. The third-order valence-corrected chi connectivity index (χ3v) is 3.97. The van der Waals surface area contributed by atoms with E-state index >= 15 is 0 Å². The Balaban J connectivity index is 2.16. The van der Waals surface area contributed by atoms with E-state index in [0.29, 0.717) is 19.5 Å². The van der Waals surface area contributed by atoms with Crippen LogP contribution in [0.5, 0.6) is 5.88 Å². The minimum Gasteiger partial charge on any atom is -0.467 e. The fourth-order valence-electron chi connectivity index (χ4n) is 2.54. The summed E-state index contributed by atoms with van der Waals surface area (Å²) in [6.07, 6.45) is -2.56. The molecule has 0 spiro atoms. The number of rotatable bonds is 3. The molecule has 2 rings (SSSR count). The largest absolute Gasteiger partial charge is 0.467 e. The van der Waals surface area contributed by atoms with E-state index in [0.717, 1.165) is 0 Å². The molecule has 8 heteroatoms. The summed E-state index contributed by atoms with van der Waals surface area (Å²) in [6, 6.07) is 2.89. The summed E-state index contributed by atoms with van der Waals surface area (Å²) in [7, 11) is 0. The zero-order chi connectivity index (χ0) is 17.3. The quantitative estimate of drug-likeness (QED) is 0.922. The third kappa shape index (κ3) is 4.34. The number of halogens is 3. The summed E-state index contributed by atoms with van der Waals surface area (Å²) >= 11 is 0. The number of hydrogen-bond donors (Lipinski definition) is 1. The number of hydrogen-bond acceptors (Lipinski definition) is 4. The lowest BCUT2D eigenvalue weighted by atomic mass is 9.79. The molecular weight excluding hydrogens is 311 g/mol. The average molecular weight is 331 g/mol. The van der Waals surface area contributed by atoms with E-state index in [2.05, 4.69) is 9.72 Å². The minimum atomic E-state index is -4.49. The van der Waals surface area contributed by atoms with Gasteiger partial charge in [0, 0.05) is 25.3 Å². The Kier molecular flexibility index (Phi) is 4.84. The van der Waals surface area contributed by atoms with Crippen molar-refractivity contribution in [2.75, 3.05) is 19.7 Å². The Morgan fingerprint density at radius 2 is 2.22 bits per heavy atom. The zero-order valence-corrected chi connectivity index (χ0v) is 13.1. The maximum absolute atomic E-state index is 12.6. The number of nitrogens with zero attached hydrogens (tertiary/aromatic N) is 2. The van der Waals surface area contributed by atoms with Gasteiger partial charge in [-0.2, -0.15) is 13.2 Å². The number of piperidine rings is 1. The van der Waals surface area contributed by atoms with Gasteiger partial charge in [-0.15, -0.1) is 0 Å². The van der Waals surface area contributed by atoms with Crippen LogP contribution in [-0.2, 0) is 0 Å². The Morgan fingerprint density at radius 1 is 1.52 bits per heavy atom. The lowest BCUT2D eigenvalue weighted by Crippen LogP contribution is -2.54. The van der Waals surface area contributed by atoms with Gasteiger partial charge in [-0.25, -0.2) is 4.98 Å². The van der Waals surface area contributed by atoms with Gasteiger partial charge in [-0.1, -0.05) is 13.8 Å². The highest BCUT2D eigenvalue weighted by atomic mass is 19.4. The number of alkyl halides is 3. The van der Waals surface area contributed by atoms with E-state index in [-0.39, 0.29) is 22.9 Å². The second-order valence-electron chi connectivity index (χ2n) is 6.37. The van der Waals surface area contributed by atoms with Crippen molar-refractivity contribution >= 4 is 5.91 Å². The molecule has 2 N–H and O–H groups in total. The molecule has 1 aromatic heterocycles. The highest BCUT2D eigenvalue weighted by molar-refractivity contribution is 5.96. The van der Waals surface area contributed by atoms with E-state index in [1.807, 2.05) is 13.8 Å². The van der Waals surface area contributed by atoms with Crippen molar-refractivity contribution < 1.29 is 22.7 Å². The van der Waals surface area contributed by atoms with Crippen LogP contribution in [0.15, 0.2) is 18.3 Å². The van der Waals surface area contributed by atoms with Crippen LogP contribution in [0.3, 0.4) is 0 Å². The fraction of sp³-hybridized carbons (Fsp3) is 0.600. The van der Waals surface area contributed by atoms with Crippen molar-refractivity contribution in [3.8, 4) is 5.88 Å². The van der Waals surface area contributed by atoms with Crippen molar-refractivity contribution in [2.45, 2.75) is 32.5 Å². The first-order valence-electron chi connectivity index (χ1n) is 7.29. The minimum absolute atomic E-state index is 0.0265. The van der Waals surface area contributed by atoms with Crippen LogP contribution >= 0.6 is 0 Å². The van der Waals surface area contributed by atoms with Gasteiger partial charge in [0.15, 0.2) is 6.61 Å². The van der Waals surface area contributed by atoms with Crippen LogP contribution in [0.4, 0.5) is 13.2 Å². The van der Waals surface area contributed by atoms with Crippen LogP contribution in [-0.4, -0.2) is 47.7 Å². The fourth-order valence-corrected chi connectivity index (χ4v) is 2.54. The smallest absolute Gasteiger partial charge is 0.422 e. The summed E-state index contributed by atoms with van der Waals surface area (Å²) < 4.78 is 41.6. The summed E-state index contributed by atoms with van der Waals surface area (Å²) in [5.41, 5.74) is 5.81. The summed E-state index contributed by atoms with van der Waals surface area (Å²) in [5.74, 6) is -0.697. The molecule has 0 bridgehead atoms. The standard InChI is InChI=1S/C15H20F3N3O2/c1-14(2)8-21(7-5-11(14)19)13(22)10-4-3-6-20-12(10)23-9-15(16,17)18/h3-4,6,11H,5,7-9,19H2,1-2H3. The zero-order valence-electron chi connectivity index (χ0n) is 13.1. The first-order valence-corrected chi connectivity index (χ1v) is 7.29. The first-order chi connectivity index (χ1) is 10.6. The molecule has 1 aliphatic heterocycles. The SMILES string of the molecule is CC1(C)CN(C(=O)c2cccnc2OCC(F)(F)F)CCC1N. The van der Waals surface area contributed by atoms with Gasteiger partial charge in [0.05, 0.1) is 0 Å². The van der Waals surface area contributed by atoms with E-state index in [1.165, 1.54) is 18.3 Å². The molecule has 23 heavy (non-hydrogen) atoms. The summed E-state index contributed by atoms with van der Waals surface area (Å²) in [4.78, 5) is 18.0. The molecule has 1 atom stereocenters. The van der Waals surface area contributed by atoms with Gasteiger partial charge >= 0.3 is 6.18 Å². The molecule has 0 aromatic carbocycles. The van der Waals surface area contributed by atoms with Crippen LogP contribution in [0.1, 0.15) is 30.6 Å². The molecule has 0 aliphatic carbocycles. The predicted molar refractivity (Wildman–Crippen MR) is 78.1 cm³/mol. The molecule has 1 unspecified atom stereocenters. The number of pyridine rings is 1. The van der Waals surface area contributed by atoms with Gasteiger partial charge in [0.2, 0.25) is 5.88 Å². The second kappa shape index (κ2) is 6.35. The molecule has 128 valence electrons. The number of carbonyl (C=O) groups excluding carboxylic acids is 1. The van der Waals surface area contributed by atoms with E-state index in [4.69, 9.17) is 5.73 Å². The van der Waals surface area contributed by atoms with Crippen molar-refractivity contribution in [1.29, 1.82) is 0 Å². The highest BCUT2D eigenvalue weighted by Gasteiger charge is 2.36. The molecule has 0 radical (unpaired) electrons. The molecular formula is C15H20F3N3O2. The topological polar surface area (TPSA) is 68.5 Å². The molecule has 1 aromatic rings. The van der Waals surface area contributed by atoms with E-state index in [1.54, 1.807) is 4.90 Å². The lowest BCUT2D eigenvalue weighted by Gasteiger charge is -2.42. The average Bonchev–Trinajstić information content (AvgIpc) is 2.47. The van der Waals surface area contributed by atoms with Crippen LogP contribution in [0.25, 0.3) is 0 Å². The Morgan fingerprint density at radius 3 is 2.83 bits per heavy atom. The van der Waals surface area contributed by atoms with Crippen molar-refractivity contribution in [3.63, 3.8) is 0 Å². The van der Waals surface area contributed by atoms with Crippen LogP contribution in [0.2, 0.25) is 0 Å². The van der Waals surface area contributed by atoms with Crippen LogP contribution < -0.4 is 10.5 Å². The first kappa shape index (κ1) is 17.5. The molecule has 1 fully saturated rings.